The van der Waals surface area contributed by atoms with Gasteiger partial charge in [0, 0.05) is 26.0 Å². The van der Waals surface area contributed by atoms with Gasteiger partial charge in [0.1, 0.15) is 6.07 Å². The zero-order chi connectivity index (χ0) is 11.3. The molecule has 5 heteroatoms. The Kier molecular flexibility index (Phi) is 3.63. The molecule has 1 heterocycles. The number of pyridine rings is 1. The Morgan fingerprint density at radius 2 is 2.47 bits per heavy atom. The lowest BCUT2D eigenvalue weighted by molar-refractivity contribution is -0.136. The predicted molar refractivity (Wildman–Crippen MR) is 54.5 cm³/mol. The van der Waals surface area contributed by atoms with Gasteiger partial charge in [0.25, 0.3) is 0 Å². The Hall–Kier alpha value is -2.09. The number of hydrogen-bond donors (Lipinski definition) is 1. The molecule has 1 aromatic heterocycles. The van der Waals surface area contributed by atoms with Gasteiger partial charge in [0.15, 0.2) is 0 Å². The predicted octanol–water partition coefficient (Wildman–Crippen LogP) is 0.864. The second-order valence-electron chi connectivity index (χ2n) is 3.07. The molecule has 0 unspecified atom stereocenters. The van der Waals surface area contributed by atoms with E-state index >= 15 is 0 Å². The van der Waals surface area contributed by atoms with E-state index in [1.54, 1.807) is 24.2 Å². The van der Waals surface area contributed by atoms with Crippen LogP contribution in [-0.2, 0) is 4.79 Å². The number of carboxylic acids is 1. The summed E-state index contributed by atoms with van der Waals surface area (Å²) in [5.41, 5.74) is 1.15. The van der Waals surface area contributed by atoms with Crippen LogP contribution in [-0.4, -0.2) is 29.7 Å². The zero-order valence-corrected chi connectivity index (χ0v) is 8.34. The van der Waals surface area contributed by atoms with Gasteiger partial charge in [-0.15, -0.1) is 0 Å². The largest absolute Gasteiger partial charge is 0.481 e. The lowest BCUT2D eigenvalue weighted by Crippen LogP contribution is -2.21. The van der Waals surface area contributed by atoms with Crippen molar-refractivity contribution in [3.8, 4) is 6.07 Å². The minimum absolute atomic E-state index is 0.0453. The minimum atomic E-state index is -0.852. The van der Waals surface area contributed by atoms with Gasteiger partial charge in [0.2, 0.25) is 0 Å². The number of carboxylic acid groups (broad SMARTS) is 1. The smallest absolute Gasteiger partial charge is 0.305 e. The molecule has 0 aromatic carbocycles. The Labute approximate surface area is 87.6 Å². The van der Waals surface area contributed by atoms with Crippen molar-refractivity contribution in [2.24, 2.45) is 0 Å². The van der Waals surface area contributed by atoms with Gasteiger partial charge in [-0.25, -0.2) is 0 Å². The molecule has 0 fully saturated rings. The quantitative estimate of drug-likeness (QED) is 0.788. The third kappa shape index (κ3) is 2.95. The van der Waals surface area contributed by atoms with Gasteiger partial charge in [-0.05, 0) is 6.07 Å². The first kappa shape index (κ1) is 11.0. The van der Waals surface area contributed by atoms with Crippen LogP contribution in [0.5, 0.6) is 0 Å². The molecular weight excluding hydrogens is 194 g/mol. The second kappa shape index (κ2) is 4.96. The van der Waals surface area contributed by atoms with Crippen LogP contribution in [0.1, 0.15) is 12.0 Å². The molecule has 0 radical (unpaired) electrons. The number of nitriles is 1. The maximum absolute atomic E-state index is 10.4. The van der Waals surface area contributed by atoms with Crippen LogP contribution >= 0.6 is 0 Å². The van der Waals surface area contributed by atoms with Crippen LogP contribution < -0.4 is 4.90 Å². The van der Waals surface area contributed by atoms with Crippen molar-refractivity contribution in [2.75, 3.05) is 18.5 Å². The van der Waals surface area contributed by atoms with Crippen LogP contribution in [0.3, 0.4) is 0 Å². The third-order valence-electron chi connectivity index (χ3n) is 1.99. The van der Waals surface area contributed by atoms with Crippen LogP contribution in [0.15, 0.2) is 18.5 Å². The molecule has 1 N–H and O–H groups in total. The SMILES string of the molecule is CN(CCC(=O)O)c1ccncc1C#N. The summed E-state index contributed by atoms with van der Waals surface area (Å²) in [6.07, 6.45) is 3.09. The Balaban J connectivity index is 2.77. The second-order valence-corrected chi connectivity index (χ2v) is 3.07. The molecule has 1 rings (SSSR count). The normalized spacial score (nSPS) is 9.33. The molecule has 1 aromatic rings. The molecule has 15 heavy (non-hydrogen) atoms. The number of anilines is 1. The number of aromatic nitrogens is 1. The molecule has 0 saturated carbocycles. The van der Waals surface area contributed by atoms with E-state index in [-0.39, 0.29) is 6.42 Å². The maximum Gasteiger partial charge on any atom is 0.305 e. The summed E-state index contributed by atoms with van der Waals surface area (Å²) < 4.78 is 0. The van der Waals surface area contributed by atoms with E-state index in [0.717, 1.165) is 0 Å². The molecule has 0 bridgehead atoms. The minimum Gasteiger partial charge on any atom is -0.481 e. The number of nitrogens with zero attached hydrogens (tertiary/aromatic N) is 3. The molecule has 78 valence electrons. The number of aliphatic carboxylic acids is 1. The molecule has 0 atom stereocenters. The van der Waals surface area contributed by atoms with Gasteiger partial charge < -0.3 is 10.0 Å². The first-order chi connectivity index (χ1) is 7.15. The molecule has 5 nitrogen and oxygen atoms in total. The zero-order valence-electron chi connectivity index (χ0n) is 8.34. The van der Waals surface area contributed by atoms with Crippen LogP contribution in [0.25, 0.3) is 0 Å². The molecule has 0 spiro atoms. The fraction of sp³-hybridized carbons (Fsp3) is 0.300. The van der Waals surface area contributed by atoms with Gasteiger partial charge in [-0.3, -0.25) is 9.78 Å². The van der Waals surface area contributed by atoms with E-state index in [9.17, 15) is 4.79 Å². The molecule has 0 saturated heterocycles. The van der Waals surface area contributed by atoms with Crippen molar-refractivity contribution >= 4 is 11.7 Å². The van der Waals surface area contributed by atoms with Crippen molar-refractivity contribution in [3.63, 3.8) is 0 Å². The van der Waals surface area contributed by atoms with Gasteiger partial charge in [-0.2, -0.15) is 5.26 Å². The molecule has 0 amide bonds. The van der Waals surface area contributed by atoms with Crippen LogP contribution in [0.2, 0.25) is 0 Å². The van der Waals surface area contributed by atoms with Gasteiger partial charge >= 0.3 is 5.97 Å². The molecule has 0 aliphatic carbocycles. The van der Waals surface area contributed by atoms with Crippen molar-refractivity contribution < 1.29 is 9.90 Å². The standard InChI is InChI=1S/C10H11N3O2/c1-13(5-3-10(14)15)9-2-4-12-7-8(9)6-11/h2,4,7H,3,5H2,1H3,(H,14,15). The number of hydrogen-bond acceptors (Lipinski definition) is 4. The van der Waals surface area contributed by atoms with E-state index in [0.29, 0.717) is 17.8 Å². The van der Waals surface area contributed by atoms with E-state index in [2.05, 4.69) is 4.98 Å². The highest BCUT2D eigenvalue weighted by Crippen LogP contribution is 2.16. The topological polar surface area (TPSA) is 77.2 Å². The van der Waals surface area contributed by atoms with E-state index in [4.69, 9.17) is 10.4 Å². The number of carbonyl (C=O) groups is 1. The summed E-state index contributed by atoms with van der Waals surface area (Å²) in [6.45, 7) is 0.369. The van der Waals surface area contributed by atoms with E-state index in [1.807, 2.05) is 6.07 Å². The highest BCUT2D eigenvalue weighted by Gasteiger charge is 2.08. The summed E-state index contributed by atoms with van der Waals surface area (Å²) in [6, 6.07) is 3.71. The lowest BCUT2D eigenvalue weighted by atomic mass is 10.2. The summed E-state index contributed by atoms with van der Waals surface area (Å²) in [7, 11) is 1.75. The van der Waals surface area contributed by atoms with E-state index < -0.39 is 5.97 Å². The van der Waals surface area contributed by atoms with E-state index in [1.165, 1.54) is 6.20 Å². The molecule has 0 aliphatic rings. The Bertz CT molecular complexity index is 398. The van der Waals surface area contributed by atoms with Crippen molar-refractivity contribution in [2.45, 2.75) is 6.42 Å². The van der Waals surface area contributed by atoms with Crippen LogP contribution in [0.4, 0.5) is 5.69 Å². The first-order valence-corrected chi connectivity index (χ1v) is 4.42. The van der Waals surface area contributed by atoms with Gasteiger partial charge in [0.05, 0.1) is 17.7 Å². The Morgan fingerprint density at radius 1 is 1.73 bits per heavy atom. The fourth-order valence-electron chi connectivity index (χ4n) is 1.19. The summed E-state index contributed by atoms with van der Waals surface area (Å²) >= 11 is 0. The lowest BCUT2D eigenvalue weighted by Gasteiger charge is -2.18. The molecular formula is C10H11N3O2. The van der Waals surface area contributed by atoms with Crippen molar-refractivity contribution in [1.82, 2.24) is 4.98 Å². The average Bonchev–Trinajstić information content (AvgIpc) is 2.25. The van der Waals surface area contributed by atoms with Crippen molar-refractivity contribution in [3.05, 3.63) is 24.0 Å². The summed E-state index contributed by atoms with van der Waals surface area (Å²) in [5.74, 6) is -0.852. The summed E-state index contributed by atoms with van der Waals surface area (Å²) in [5, 5.41) is 17.3. The highest BCUT2D eigenvalue weighted by molar-refractivity contribution is 5.68. The Morgan fingerprint density at radius 3 is 3.07 bits per heavy atom. The first-order valence-electron chi connectivity index (χ1n) is 4.42. The maximum atomic E-state index is 10.4. The molecule has 0 aliphatic heterocycles. The van der Waals surface area contributed by atoms with Gasteiger partial charge in [-0.1, -0.05) is 0 Å². The van der Waals surface area contributed by atoms with Crippen molar-refractivity contribution in [1.29, 1.82) is 5.26 Å². The summed E-state index contributed by atoms with van der Waals surface area (Å²) in [4.78, 5) is 15.9. The highest BCUT2D eigenvalue weighted by atomic mass is 16.4. The third-order valence-corrected chi connectivity index (χ3v) is 1.99. The monoisotopic (exact) mass is 205 g/mol. The average molecular weight is 205 g/mol. The number of rotatable bonds is 4. The fourth-order valence-corrected chi connectivity index (χ4v) is 1.19. The van der Waals surface area contributed by atoms with Crippen LogP contribution in [0, 0.1) is 11.3 Å².